The molecule has 0 unspecified atom stereocenters. The Morgan fingerprint density at radius 2 is 0.915 bits per heavy atom. The first-order valence-corrected chi connectivity index (χ1v) is 26.4. The van der Waals surface area contributed by atoms with Crippen LogP contribution in [0, 0.1) is 5.92 Å². The molecule has 1 rings (SSSR count). The predicted octanol–water partition coefficient (Wildman–Crippen LogP) is 3.94. The standard InChI is InChI=1S/C50H90N6O15/c1-51-41(49(64)65)20-18-19-27-52-44(58)38-70-36-35-69-33-29-54-45(59)39-71-37-34-68-32-28-53-43(57)24-23-42(50(66)67)55-48(63)40-25-30-56(31-26-40)46(60)21-16-14-12-10-8-6-4-2-3-5-7-9-11-13-15-17-22-47(61)62/h40-42,51H,2-39H2,1H3,(H,52,58)(H,53,57)(H,54,59)(H,55,63)(H,61,62)(H,64,65)(H,66,67)/t41-,42-/m0/s1. The highest BCUT2D eigenvalue weighted by Crippen LogP contribution is 2.20. The number of nitrogens with zero attached hydrogens (tertiary/aromatic N) is 1. The first-order valence-electron chi connectivity index (χ1n) is 26.4. The number of likely N-dealkylation sites (tertiary alicyclic amines) is 1. The number of ether oxygens (including phenoxy) is 4. The molecule has 5 amide bonds. The zero-order chi connectivity index (χ0) is 52.2. The fourth-order valence-corrected chi connectivity index (χ4v) is 7.98. The minimum Gasteiger partial charge on any atom is -0.481 e. The summed E-state index contributed by atoms with van der Waals surface area (Å²) < 4.78 is 21.3. The van der Waals surface area contributed by atoms with Crippen molar-refractivity contribution in [1.29, 1.82) is 0 Å². The lowest BCUT2D eigenvalue weighted by Crippen LogP contribution is -2.47. The van der Waals surface area contributed by atoms with Gasteiger partial charge >= 0.3 is 17.9 Å². The van der Waals surface area contributed by atoms with Gasteiger partial charge in [-0.2, -0.15) is 0 Å². The molecule has 0 aromatic heterocycles. The summed E-state index contributed by atoms with van der Waals surface area (Å²) in [5.41, 5.74) is 0. The van der Waals surface area contributed by atoms with Crippen LogP contribution in [-0.2, 0) is 57.3 Å². The van der Waals surface area contributed by atoms with Gasteiger partial charge in [0.05, 0.1) is 39.6 Å². The summed E-state index contributed by atoms with van der Waals surface area (Å²) in [7, 11) is 1.59. The molecule has 1 aliphatic rings. The topological polar surface area (TPSA) is 298 Å². The number of aliphatic carboxylic acids is 3. The Morgan fingerprint density at radius 1 is 0.479 bits per heavy atom. The summed E-state index contributed by atoms with van der Waals surface area (Å²) in [6.45, 7) is 2.65. The maximum atomic E-state index is 13.0. The van der Waals surface area contributed by atoms with Crippen LogP contribution < -0.4 is 26.6 Å². The van der Waals surface area contributed by atoms with Gasteiger partial charge < -0.3 is 65.8 Å². The fraction of sp³-hybridized carbons (Fsp3) is 0.840. The third-order valence-electron chi connectivity index (χ3n) is 12.3. The van der Waals surface area contributed by atoms with Crippen molar-refractivity contribution in [2.75, 3.05) is 92.6 Å². The molecule has 8 N–H and O–H groups in total. The Kier molecular flexibility index (Phi) is 40.3. The highest BCUT2D eigenvalue weighted by Gasteiger charge is 2.30. The molecule has 1 fully saturated rings. The van der Waals surface area contributed by atoms with Crippen molar-refractivity contribution in [3.8, 4) is 0 Å². The molecule has 21 heteroatoms. The smallest absolute Gasteiger partial charge is 0.326 e. The third-order valence-corrected chi connectivity index (χ3v) is 12.3. The van der Waals surface area contributed by atoms with E-state index in [1.165, 1.54) is 64.2 Å². The van der Waals surface area contributed by atoms with Crippen LogP contribution in [0.1, 0.15) is 161 Å². The van der Waals surface area contributed by atoms with Gasteiger partial charge in [0.2, 0.25) is 29.5 Å². The Morgan fingerprint density at radius 3 is 1.38 bits per heavy atom. The number of carbonyl (C=O) groups is 8. The van der Waals surface area contributed by atoms with Crippen LogP contribution in [0.3, 0.4) is 0 Å². The zero-order valence-corrected chi connectivity index (χ0v) is 42.8. The maximum absolute atomic E-state index is 13.0. The van der Waals surface area contributed by atoms with Crippen LogP contribution in [-0.4, -0.2) is 172 Å². The molecule has 1 saturated heterocycles. The number of piperidine rings is 1. The van der Waals surface area contributed by atoms with Crippen molar-refractivity contribution in [3.05, 3.63) is 0 Å². The van der Waals surface area contributed by atoms with Crippen molar-refractivity contribution in [2.24, 2.45) is 5.92 Å². The first-order chi connectivity index (χ1) is 34.3. The van der Waals surface area contributed by atoms with E-state index in [0.717, 1.165) is 38.5 Å². The normalized spacial score (nSPS) is 13.6. The molecule has 0 aromatic rings. The summed E-state index contributed by atoms with van der Waals surface area (Å²) in [5, 5.41) is 40.7. The van der Waals surface area contributed by atoms with Gasteiger partial charge in [-0.15, -0.1) is 0 Å². The van der Waals surface area contributed by atoms with Crippen LogP contribution in [0.15, 0.2) is 0 Å². The van der Waals surface area contributed by atoms with Crippen LogP contribution in [0.2, 0.25) is 0 Å². The van der Waals surface area contributed by atoms with Crippen LogP contribution in [0.4, 0.5) is 0 Å². The van der Waals surface area contributed by atoms with Gasteiger partial charge in [-0.25, -0.2) is 4.79 Å². The molecule has 0 saturated carbocycles. The lowest BCUT2D eigenvalue weighted by atomic mass is 9.95. The molecule has 2 atom stereocenters. The second-order valence-corrected chi connectivity index (χ2v) is 18.2. The minimum absolute atomic E-state index is 0.0798. The molecule has 21 nitrogen and oxygen atoms in total. The second-order valence-electron chi connectivity index (χ2n) is 18.2. The molecule has 0 radical (unpaired) electrons. The van der Waals surface area contributed by atoms with E-state index < -0.39 is 35.9 Å². The molecular weight excluding hydrogens is 925 g/mol. The quantitative estimate of drug-likeness (QED) is 0.0401. The number of carbonyl (C=O) groups excluding carboxylic acids is 5. The van der Waals surface area contributed by atoms with Crippen molar-refractivity contribution >= 4 is 47.4 Å². The SMILES string of the molecule is CN[C@@H](CCCCNC(=O)COCCOCCNC(=O)COCCOCCNC(=O)CC[C@H](NC(=O)C1CCN(C(=O)CCCCCCCCCCCCCCCCCCC(=O)O)CC1)C(=O)O)C(=O)O. The number of rotatable bonds is 48. The first kappa shape index (κ1) is 64.6. The Hall–Kier alpha value is -4.44. The van der Waals surface area contributed by atoms with E-state index in [2.05, 4.69) is 26.6 Å². The number of hydrogen-bond donors (Lipinski definition) is 8. The molecule has 1 aliphatic heterocycles. The molecule has 0 aliphatic carbocycles. The maximum Gasteiger partial charge on any atom is 0.326 e. The van der Waals surface area contributed by atoms with E-state index in [9.17, 15) is 43.5 Å². The summed E-state index contributed by atoms with van der Waals surface area (Å²) >= 11 is 0. The van der Waals surface area contributed by atoms with E-state index in [0.29, 0.717) is 58.2 Å². The lowest BCUT2D eigenvalue weighted by Gasteiger charge is -2.32. The second kappa shape index (κ2) is 44.3. The van der Waals surface area contributed by atoms with Gasteiger partial charge in [0.25, 0.3) is 0 Å². The summed E-state index contributed by atoms with van der Waals surface area (Å²) in [5.74, 6) is -4.51. The van der Waals surface area contributed by atoms with E-state index in [4.69, 9.17) is 29.2 Å². The average molecular weight is 1020 g/mol. The van der Waals surface area contributed by atoms with Crippen LogP contribution in [0.5, 0.6) is 0 Å². The minimum atomic E-state index is -1.22. The lowest BCUT2D eigenvalue weighted by molar-refractivity contribution is -0.143. The van der Waals surface area contributed by atoms with E-state index in [-0.39, 0.29) is 115 Å². The molecule has 410 valence electrons. The van der Waals surface area contributed by atoms with Gasteiger partial charge in [0.1, 0.15) is 25.3 Å². The third kappa shape index (κ3) is 37.9. The molecular formula is C50H90N6O15. The van der Waals surface area contributed by atoms with Crippen molar-refractivity contribution < 1.29 is 72.6 Å². The van der Waals surface area contributed by atoms with Gasteiger partial charge in [-0.3, -0.25) is 33.6 Å². The number of hydrogen-bond acceptors (Lipinski definition) is 13. The van der Waals surface area contributed by atoms with Crippen molar-refractivity contribution in [2.45, 2.75) is 173 Å². The van der Waals surface area contributed by atoms with Crippen molar-refractivity contribution in [3.63, 3.8) is 0 Å². The fourth-order valence-electron chi connectivity index (χ4n) is 7.98. The monoisotopic (exact) mass is 1010 g/mol. The number of likely N-dealkylation sites (N-methyl/N-ethyl adjacent to an activating group) is 1. The molecule has 0 aromatic carbocycles. The van der Waals surface area contributed by atoms with Gasteiger partial charge in [0, 0.05) is 57.9 Å². The summed E-state index contributed by atoms with van der Waals surface area (Å²) in [4.78, 5) is 97.1. The number of nitrogens with one attached hydrogen (secondary N) is 5. The summed E-state index contributed by atoms with van der Waals surface area (Å²) in [6, 6.07) is -1.82. The summed E-state index contributed by atoms with van der Waals surface area (Å²) in [6.07, 6.45) is 21.7. The largest absolute Gasteiger partial charge is 0.481 e. The average Bonchev–Trinajstić information content (AvgIpc) is 3.34. The highest BCUT2D eigenvalue weighted by molar-refractivity contribution is 5.86. The number of carboxylic acid groups (broad SMARTS) is 3. The van der Waals surface area contributed by atoms with Gasteiger partial charge in [0.15, 0.2) is 0 Å². The van der Waals surface area contributed by atoms with Gasteiger partial charge in [-0.1, -0.05) is 89.9 Å². The molecule has 1 heterocycles. The Bertz CT molecular complexity index is 1480. The Balaban J connectivity index is 1.99. The van der Waals surface area contributed by atoms with Gasteiger partial charge in [-0.05, 0) is 58.4 Å². The van der Waals surface area contributed by atoms with E-state index >= 15 is 0 Å². The molecule has 71 heavy (non-hydrogen) atoms. The van der Waals surface area contributed by atoms with Crippen LogP contribution >= 0.6 is 0 Å². The predicted molar refractivity (Wildman–Crippen MR) is 265 cm³/mol. The van der Waals surface area contributed by atoms with Crippen LogP contribution in [0.25, 0.3) is 0 Å². The zero-order valence-electron chi connectivity index (χ0n) is 42.8. The highest BCUT2D eigenvalue weighted by atomic mass is 16.5. The molecule has 0 spiro atoms. The number of carboxylic acids is 3. The van der Waals surface area contributed by atoms with E-state index in [1.807, 2.05) is 0 Å². The van der Waals surface area contributed by atoms with E-state index in [1.54, 1.807) is 11.9 Å². The molecule has 0 bridgehead atoms. The Labute approximate surface area is 421 Å². The number of unbranched alkanes of at least 4 members (excludes halogenated alkanes) is 16. The van der Waals surface area contributed by atoms with Crippen molar-refractivity contribution in [1.82, 2.24) is 31.5 Å². The number of amides is 5.